The zero-order valence-corrected chi connectivity index (χ0v) is 15.2. The van der Waals surface area contributed by atoms with E-state index >= 15 is 0 Å². The Hall–Kier alpha value is -2.31. The number of amides is 1. The summed E-state index contributed by atoms with van der Waals surface area (Å²) in [6.07, 6.45) is 0. The third-order valence-corrected chi connectivity index (χ3v) is 6.09. The predicted molar refractivity (Wildman–Crippen MR) is 99.8 cm³/mol. The standard InChI is InChI=1S/C18H15N3OS2/c1-10-6-14-16(7-11(10)2)24-18(21(14)3)20-17(22)12-4-5-13-15(8-12)23-9-19-13/h4-9H,1-3H3. The highest BCUT2D eigenvalue weighted by atomic mass is 32.1. The smallest absolute Gasteiger partial charge is 0.279 e. The molecule has 0 saturated heterocycles. The fourth-order valence-electron chi connectivity index (χ4n) is 2.63. The monoisotopic (exact) mass is 353 g/mol. The van der Waals surface area contributed by atoms with Gasteiger partial charge >= 0.3 is 0 Å². The molecule has 1 amide bonds. The van der Waals surface area contributed by atoms with Crippen molar-refractivity contribution >= 4 is 49.0 Å². The lowest BCUT2D eigenvalue weighted by atomic mass is 10.1. The highest BCUT2D eigenvalue weighted by Crippen LogP contribution is 2.22. The molecule has 2 aromatic heterocycles. The summed E-state index contributed by atoms with van der Waals surface area (Å²) >= 11 is 3.07. The maximum absolute atomic E-state index is 12.6. The number of hydrogen-bond donors (Lipinski definition) is 0. The fraction of sp³-hybridized carbons (Fsp3) is 0.167. The Morgan fingerprint density at radius 1 is 1.12 bits per heavy atom. The Kier molecular flexibility index (Phi) is 3.58. The van der Waals surface area contributed by atoms with Crippen LogP contribution in [0.15, 0.2) is 40.8 Å². The average Bonchev–Trinajstić information content (AvgIpc) is 3.14. The van der Waals surface area contributed by atoms with Crippen LogP contribution in [0.25, 0.3) is 20.4 Å². The summed E-state index contributed by atoms with van der Waals surface area (Å²) < 4.78 is 4.13. The molecule has 0 aliphatic heterocycles. The molecule has 4 aromatic rings. The summed E-state index contributed by atoms with van der Waals surface area (Å²) in [4.78, 5) is 21.8. The van der Waals surface area contributed by atoms with Gasteiger partial charge in [0.15, 0.2) is 4.80 Å². The van der Waals surface area contributed by atoms with Crippen LogP contribution < -0.4 is 4.80 Å². The number of nitrogens with zero attached hydrogens (tertiary/aromatic N) is 3. The van der Waals surface area contributed by atoms with Gasteiger partial charge in [-0.1, -0.05) is 11.3 Å². The van der Waals surface area contributed by atoms with Crippen LogP contribution in [0.1, 0.15) is 21.5 Å². The third-order valence-electron chi connectivity index (χ3n) is 4.20. The van der Waals surface area contributed by atoms with Crippen LogP contribution in [0.3, 0.4) is 0 Å². The van der Waals surface area contributed by atoms with Crippen molar-refractivity contribution in [2.45, 2.75) is 13.8 Å². The third kappa shape index (κ3) is 2.48. The molecular weight excluding hydrogens is 338 g/mol. The zero-order valence-electron chi connectivity index (χ0n) is 13.5. The summed E-state index contributed by atoms with van der Waals surface area (Å²) in [5, 5.41) is 0. The molecule has 0 bridgehead atoms. The van der Waals surface area contributed by atoms with E-state index in [2.05, 4.69) is 36.0 Å². The summed E-state index contributed by atoms with van der Waals surface area (Å²) in [6, 6.07) is 9.82. The Morgan fingerprint density at radius 2 is 1.92 bits per heavy atom. The van der Waals surface area contributed by atoms with Gasteiger partial charge < -0.3 is 4.57 Å². The molecule has 2 heterocycles. The molecule has 24 heavy (non-hydrogen) atoms. The molecule has 0 saturated carbocycles. The van der Waals surface area contributed by atoms with Crippen molar-refractivity contribution in [1.29, 1.82) is 0 Å². The minimum atomic E-state index is -0.221. The van der Waals surface area contributed by atoms with Crippen LogP contribution in [0, 0.1) is 13.8 Å². The Balaban J connectivity index is 1.83. The molecule has 0 radical (unpaired) electrons. The van der Waals surface area contributed by atoms with Crippen LogP contribution in [0.5, 0.6) is 0 Å². The number of aryl methyl sites for hydroxylation is 3. The zero-order chi connectivity index (χ0) is 16.8. The summed E-state index contributed by atoms with van der Waals surface area (Å²) in [5.74, 6) is -0.221. The number of aromatic nitrogens is 2. The lowest BCUT2D eigenvalue weighted by Crippen LogP contribution is -2.13. The van der Waals surface area contributed by atoms with E-state index in [4.69, 9.17) is 0 Å². The fourth-order valence-corrected chi connectivity index (χ4v) is 4.44. The molecular formula is C18H15N3OS2. The van der Waals surface area contributed by atoms with Gasteiger partial charge in [0.05, 0.1) is 25.9 Å². The largest absolute Gasteiger partial charge is 0.319 e. The van der Waals surface area contributed by atoms with Crippen LogP contribution >= 0.6 is 22.7 Å². The molecule has 2 aromatic carbocycles. The van der Waals surface area contributed by atoms with E-state index in [0.717, 1.165) is 20.4 Å². The van der Waals surface area contributed by atoms with E-state index in [1.54, 1.807) is 22.9 Å². The molecule has 120 valence electrons. The number of thiazole rings is 2. The lowest BCUT2D eigenvalue weighted by molar-refractivity contribution is 0.0998. The maximum Gasteiger partial charge on any atom is 0.279 e. The van der Waals surface area contributed by atoms with Gasteiger partial charge in [0, 0.05) is 12.6 Å². The van der Waals surface area contributed by atoms with Crippen molar-refractivity contribution in [2.75, 3.05) is 0 Å². The van der Waals surface area contributed by atoms with Crippen molar-refractivity contribution in [2.24, 2.45) is 12.0 Å². The summed E-state index contributed by atoms with van der Waals surface area (Å²) in [5.41, 5.74) is 6.88. The highest BCUT2D eigenvalue weighted by Gasteiger charge is 2.09. The first kappa shape index (κ1) is 15.2. The van der Waals surface area contributed by atoms with Gasteiger partial charge in [-0.2, -0.15) is 4.99 Å². The minimum absolute atomic E-state index is 0.221. The number of carbonyl (C=O) groups excluding carboxylic acids is 1. The molecule has 4 rings (SSSR count). The Labute approximate surface area is 146 Å². The first-order valence-corrected chi connectivity index (χ1v) is 9.21. The van der Waals surface area contributed by atoms with Crippen LogP contribution in [0.2, 0.25) is 0 Å². The molecule has 0 atom stereocenters. The van der Waals surface area contributed by atoms with E-state index < -0.39 is 0 Å². The molecule has 4 nitrogen and oxygen atoms in total. The number of hydrogen-bond acceptors (Lipinski definition) is 4. The van der Waals surface area contributed by atoms with Crippen molar-refractivity contribution in [3.63, 3.8) is 0 Å². The van der Waals surface area contributed by atoms with E-state index in [0.29, 0.717) is 10.4 Å². The molecule has 0 unspecified atom stereocenters. The maximum atomic E-state index is 12.6. The van der Waals surface area contributed by atoms with E-state index in [-0.39, 0.29) is 5.91 Å². The minimum Gasteiger partial charge on any atom is -0.319 e. The van der Waals surface area contributed by atoms with E-state index in [1.807, 2.05) is 23.7 Å². The van der Waals surface area contributed by atoms with Crippen LogP contribution in [-0.2, 0) is 7.05 Å². The van der Waals surface area contributed by atoms with Gasteiger partial charge in [-0.15, -0.1) is 11.3 Å². The number of carbonyl (C=O) groups is 1. The molecule has 0 aliphatic rings. The van der Waals surface area contributed by atoms with Gasteiger partial charge in [0.25, 0.3) is 5.91 Å². The SMILES string of the molecule is Cc1cc2sc(=NC(=O)c3ccc4ncsc4c3)n(C)c2cc1C. The summed E-state index contributed by atoms with van der Waals surface area (Å²) in [7, 11) is 1.95. The van der Waals surface area contributed by atoms with Crippen molar-refractivity contribution < 1.29 is 4.79 Å². The molecule has 0 N–H and O–H groups in total. The van der Waals surface area contributed by atoms with Crippen molar-refractivity contribution in [1.82, 2.24) is 9.55 Å². The van der Waals surface area contributed by atoms with Gasteiger partial charge in [-0.05, 0) is 55.3 Å². The first-order valence-electron chi connectivity index (χ1n) is 7.52. The number of rotatable bonds is 1. The van der Waals surface area contributed by atoms with Crippen LogP contribution in [0.4, 0.5) is 0 Å². The van der Waals surface area contributed by atoms with Gasteiger partial charge in [-0.3, -0.25) is 4.79 Å². The summed E-state index contributed by atoms with van der Waals surface area (Å²) in [6.45, 7) is 4.19. The van der Waals surface area contributed by atoms with Crippen LogP contribution in [-0.4, -0.2) is 15.5 Å². The topological polar surface area (TPSA) is 47.2 Å². The molecule has 0 aliphatic carbocycles. The van der Waals surface area contributed by atoms with Crippen molar-refractivity contribution in [3.05, 3.63) is 57.3 Å². The normalized spacial score (nSPS) is 12.4. The molecule has 0 spiro atoms. The predicted octanol–water partition coefficient (Wildman–Crippen LogP) is 4.21. The van der Waals surface area contributed by atoms with E-state index in [9.17, 15) is 4.79 Å². The Bertz CT molecular complexity index is 1160. The first-order chi connectivity index (χ1) is 11.5. The highest BCUT2D eigenvalue weighted by molar-refractivity contribution is 7.17. The van der Waals surface area contributed by atoms with Gasteiger partial charge in [0.2, 0.25) is 0 Å². The lowest BCUT2D eigenvalue weighted by Gasteiger charge is -2.01. The second kappa shape index (κ2) is 5.65. The quantitative estimate of drug-likeness (QED) is 0.515. The van der Waals surface area contributed by atoms with Crippen molar-refractivity contribution in [3.8, 4) is 0 Å². The number of benzene rings is 2. The van der Waals surface area contributed by atoms with Gasteiger partial charge in [0.1, 0.15) is 0 Å². The molecule has 6 heteroatoms. The second-order valence-corrected chi connectivity index (χ2v) is 7.70. The van der Waals surface area contributed by atoms with E-state index in [1.165, 1.54) is 22.5 Å². The second-order valence-electron chi connectivity index (χ2n) is 5.80. The average molecular weight is 353 g/mol. The number of fused-ring (bicyclic) bond motifs is 2. The molecule has 0 fully saturated rings. The Morgan fingerprint density at radius 3 is 2.75 bits per heavy atom. The van der Waals surface area contributed by atoms with Gasteiger partial charge in [-0.25, -0.2) is 4.98 Å².